The number of hydrogen-bond donors (Lipinski definition) is 0. The highest BCUT2D eigenvalue weighted by atomic mass is 16.2. The highest BCUT2D eigenvalue weighted by molar-refractivity contribution is 5.76. The SMILES string of the molecule is CC(C)CN1CCN(C(=O)CC2CCCCC2)CC1. The largest absolute Gasteiger partial charge is 0.340 e. The molecule has 0 aromatic carbocycles. The molecule has 2 aliphatic rings. The van der Waals surface area contributed by atoms with Crippen LogP contribution in [0.5, 0.6) is 0 Å². The first kappa shape index (κ1) is 14.8. The van der Waals surface area contributed by atoms with Gasteiger partial charge in [-0.3, -0.25) is 9.69 Å². The van der Waals surface area contributed by atoms with Crippen LogP contribution in [0.3, 0.4) is 0 Å². The Hall–Kier alpha value is -0.570. The molecule has 110 valence electrons. The molecule has 1 saturated heterocycles. The summed E-state index contributed by atoms with van der Waals surface area (Å²) in [5, 5.41) is 0. The van der Waals surface area contributed by atoms with E-state index in [9.17, 15) is 4.79 Å². The summed E-state index contributed by atoms with van der Waals surface area (Å²) in [6, 6.07) is 0. The highest BCUT2D eigenvalue weighted by Crippen LogP contribution is 2.27. The molecule has 0 radical (unpaired) electrons. The Morgan fingerprint density at radius 3 is 2.26 bits per heavy atom. The second-order valence-electron chi connectivity index (χ2n) is 6.78. The van der Waals surface area contributed by atoms with E-state index < -0.39 is 0 Å². The van der Waals surface area contributed by atoms with Crippen LogP contribution >= 0.6 is 0 Å². The fourth-order valence-corrected chi connectivity index (χ4v) is 3.46. The van der Waals surface area contributed by atoms with Crippen LogP contribution in [0.25, 0.3) is 0 Å². The number of amides is 1. The summed E-state index contributed by atoms with van der Waals surface area (Å²) in [5.74, 6) is 1.82. The predicted octanol–water partition coefficient (Wildman–Crippen LogP) is 2.76. The lowest BCUT2D eigenvalue weighted by Crippen LogP contribution is -2.49. The Balaban J connectivity index is 1.69. The van der Waals surface area contributed by atoms with Crippen LogP contribution in [0.15, 0.2) is 0 Å². The van der Waals surface area contributed by atoms with E-state index in [1.165, 1.54) is 38.6 Å². The maximum absolute atomic E-state index is 12.3. The predicted molar refractivity (Wildman–Crippen MR) is 79.1 cm³/mol. The zero-order valence-electron chi connectivity index (χ0n) is 12.7. The number of carbonyl (C=O) groups is 1. The maximum Gasteiger partial charge on any atom is 0.222 e. The van der Waals surface area contributed by atoms with Crippen molar-refractivity contribution in [3.8, 4) is 0 Å². The molecule has 1 aliphatic heterocycles. The Bertz CT molecular complexity index is 276. The Labute approximate surface area is 118 Å². The number of nitrogens with zero attached hydrogens (tertiary/aromatic N) is 2. The molecule has 0 atom stereocenters. The van der Waals surface area contributed by atoms with Gasteiger partial charge in [-0.25, -0.2) is 0 Å². The molecule has 1 saturated carbocycles. The Kier molecular flexibility index (Phi) is 5.68. The molecule has 0 N–H and O–H groups in total. The molecule has 2 fully saturated rings. The zero-order valence-corrected chi connectivity index (χ0v) is 12.7. The maximum atomic E-state index is 12.3. The van der Waals surface area contributed by atoms with Crippen molar-refractivity contribution in [3.63, 3.8) is 0 Å². The molecule has 3 heteroatoms. The van der Waals surface area contributed by atoms with E-state index in [2.05, 4.69) is 23.6 Å². The molecule has 3 nitrogen and oxygen atoms in total. The van der Waals surface area contributed by atoms with Crippen LogP contribution in [0.1, 0.15) is 52.4 Å². The first-order valence-electron chi connectivity index (χ1n) is 8.15. The number of piperazine rings is 1. The van der Waals surface area contributed by atoms with Gasteiger partial charge < -0.3 is 4.90 Å². The normalized spacial score (nSPS) is 23.0. The molecule has 1 aliphatic carbocycles. The minimum atomic E-state index is 0.413. The quantitative estimate of drug-likeness (QED) is 0.781. The van der Waals surface area contributed by atoms with Gasteiger partial charge in [0.15, 0.2) is 0 Å². The fraction of sp³-hybridized carbons (Fsp3) is 0.938. The van der Waals surface area contributed by atoms with Crippen molar-refractivity contribution in [2.75, 3.05) is 32.7 Å². The van der Waals surface area contributed by atoms with Crippen molar-refractivity contribution < 1.29 is 4.79 Å². The van der Waals surface area contributed by atoms with Crippen LogP contribution in [0.4, 0.5) is 0 Å². The molecule has 0 spiro atoms. The van der Waals surface area contributed by atoms with Crippen LogP contribution in [0.2, 0.25) is 0 Å². The topological polar surface area (TPSA) is 23.6 Å². The van der Waals surface area contributed by atoms with E-state index >= 15 is 0 Å². The summed E-state index contributed by atoms with van der Waals surface area (Å²) in [5.41, 5.74) is 0. The van der Waals surface area contributed by atoms with Crippen LogP contribution in [0, 0.1) is 11.8 Å². The van der Waals surface area contributed by atoms with Gasteiger partial charge in [0.1, 0.15) is 0 Å². The molecule has 0 unspecified atom stereocenters. The minimum absolute atomic E-state index is 0.413. The first-order valence-corrected chi connectivity index (χ1v) is 8.15. The summed E-state index contributed by atoms with van der Waals surface area (Å²) in [4.78, 5) is 16.9. The molecule has 1 heterocycles. The molecule has 1 amide bonds. The van der Waals surface area contributed by atoms with Crippen molar-refractivity contribution in [2.45, 2.75) is 52.4 Å². The van der Waals surface area contributed by atoms with Gasteiger partial charge in [-0.15, -0.1) is 0 Å². The lowest BCUT2D eigenvalue weighted by atomic mass is 9.86. The molecule has 0 bridgehead atoms. The number of hydrogen-bond acceptors (Lipinski definition) is 2. The second kappa shape index (κ2) is 7.28. The standard InChI is InChI=1S/C16H30N2O/c1-14(2)13-17-8-10-18(11-9-17)16(19)12-15-6-4-3-5-7-15/h14-15H,3-13H2,1-2H3. The van der Waals surface area contributed by atoms with Crippen molar-refractivity contribution >= 4 is 5.91 Å². The summed E-state index contributed by atoms with van der Waals surface area (Å²) in [7, 11) is 0. The summed E-state index contributed by atoms with van der Waals surface area (Å²) in [6.07, 6.45) is 7.40. The monoisotopic (exact) mass is 266 g/mol. The van der Waals surface area contributed by atoms with Crippen LogP contribution in [-0.2, 0) is 4.79 Å². The smallest absolute Gasteiger partial charge is 0.222 e. The van der Waals surface area contributed by atoms with Crippen molar-refractivity contribution in [1.82, 2.24) is 9.80 Å². The molecule has 2 rings (SSSR count). The van der Waals surface area contributed by atoms with Gasteiger partial charge in [-0.1, -0.05) is 33.1 Å². The second-order valence-corrected chi connectivity index (χ2v) is 6.78. The van der Waals surface area contributed by atoms with Gasteiger partial charge in [0.25, 0.3) is 0 Å². The molecular formula is C16H30N2O. The number of carbonyl (C=O) groups excluding carboxylic acids is 1. The Morgan fingerprint density at radius 1 is 1.05 bits per heavy atom. The van der Waals surface area contributed by atoms with Crippen molar-refractivity contribution in [2.24, 2.45) is 11.8 Å². The minimum Gasteiger partial charge on any atom is -0.340 e. The van der Waals surface area contributed by atoms with Crippen molar-refractivity contribution in [3.05, 3.63) is 0 Å². The lowest BCUT2D eigenvalue weighted by molar-refractivity contribution is -0.134. The third-order valence-electron chi connectivity index (χ3n) is 4.54. The summed E-state index contributed by atoms with van der Waals surface area (Å²) >= 11 is 0. The fourth-order valence-electron chi connectivity index (χ4n) is 3.46. The van der Waals surface area contributed by atoms with Crippen LogP contribution < -0.4 is 0 Å². The van der Waals surface area contributed by atoms with E-state index in [1.54, 1.807) is 0 Å². The molecular weight excluding hydrogens is 236 g/mol. The van der Waals surface area contributed by atoms with E-state index in [1.807, 2.05) is 0 Å². The van der Waals surface area contributed by atoms with Gasteiger partial charge >= 0.3 is 0 Å². The summed E-state index contributed by atoms with van der Waals surface area (Å²) in [6.45, 7) is 9.71. The number of rotatable bonds is 4. The zero-order chi connectivity index (χ0) is 13.7. The van der Waals surface area contributed by atoms with Gasteiger partial charge in [0, 0.05) is 39.1 Å². The van der Waals surface area contributed by atoms with Crippen molar-refractivity contribution in [1.29, 1.82) is 0 Å². The molecule has 0 aromatic heterocycles. The lowest BCUT2D eigenvalue weighted by Gasteiger charge is -2.36. The molecule has 0 aromatic rings. The average molecular weight is 266 g/mol. The van der Waals surface area contributed by atoms with Gasteiger partial charge in [-0.05, 0) is 24.7 Å². The summed E-state index contributed by atoms with van der Waals surface area (Å²) < 4.78 is 0. The third kappa shape index (κ3) is 4.79. The first-order chi connectivity index (χ1) is 9.15. The Morgan fingerprint density at radius 2 is 1.68 bits per heavy atom. The van der Waals surface area contributed by atoms with E-state index in [0.29, 0.717) is 11.8 Å². The van der Waals surface area contributed by atoms with Gasteiger partial charge in [-0.2, -0.15) is 0 Å². The highest BCUT2D eigenvalue weighted by Gasteiger charge is 2.24. The third-order valence-corrected chi connectivity index (χ3v) is 4.54. The van der Waals surface area contributed by atoms with Gasteiger partial charge in [0.2, 0.25) is 5.91 Å². The van der Waals surface area contributed by atoms with E-state index in [4.69, 9.17) is 0 Å². The van der Waals surface area contributed by atoms with Crippen LogP contribution in [-0.4, -0.2) is 48.4 Å². The van der Waals surface area contributed by atoms with E-state index in [0.717, 1.165) is 38.5 Å². The average Bonchev–Trinajstić information content (AvgIpc) is 2.40. The van der Waals surface area contributed by atoms with Gasteiger partial charge in [0.05, 0.1) is 0 Å². The molecule has 19 heavy (non-hydrogen) atoms. The van der Waals surface area contributed by atoms with E-state index in [-0.39, 0.29) is 0 Å².